The quantitative estimate of drug-likeness (QED) is 0.0995. The van der Waals surface area contributed by atoms with Crippen LogP contribution in [0.1, 0.15) is 133 Å². The molecular formula is C58H91NO17. The van der Waals surface area contributed by atoms with E-state index in [0.29, 0.717) is 51.4 Å². The molecule has 5 N–H and O–H groups in total. The molecule has 4 aliphatic rings. The largest absolute Gasteiger partial charge is 0.460 e. The van der Waals surface area contributed by atoms with Crippen molar-refractivity contribution in [2.75, 3.05) is 47.7 Å². The third-order valence-corrected chi connectivity index (χ3v) is 17.4. The van der Waals surface area contributed by atoms with Gasteiger partial charge in [0.1, 0.15) is 35.2 Å². The summed E-state index contributed by atoms with van der Waals surface area (Å²) >= 11 is 0. The number of fused-ring (bicyclic) bond motifs is 3. The van der Waals surface area contributed by atoms with Gasteiger partial charge in [-0.15, -0.1) is 0 Å². The number of aliphatic hydroxyl groups excluding tert-OH is 4. The van der Waals surface area contributed by atoms with Gasteiger partial charge in [0.05, 0.1) is 55.8 Å². The van der Waals surface area contributed by atoms with Crippen molar-refractivity contribution in [3.05, 3.63) is 47.6 Å². The predicted molar refractivity (Wildman–Crippen MR) is 282 cm³/mol. The maximum atomic E-state index is 14.6. The summed E-state index contributed by atoms with van der Waals surface area (Å²) in [6.45, 7) is 13.5. The number of carbonyl (C=O) groups is 6. The Labute approximate surface area is 450 Å². The monoisotopic (exact) mass is 1070 g/mol. The SMILES string of the molecule is COC1CC2CCC(C)C(O)(O2)C(=O)C(=O)N2CCCCC2C(=O)OC(C(C)CC2CCC(OC(=O)C(C)(CO)CO)C(OC)C2)CC(=O)C(C)/C=C(\C)C(O)C(CO)C(=O)C(C)C(C)(OC)C(C)/C=C/C=C/C=C/1C. The minimum atomic E-state index is -2.49. The highest BCUT2D eigenvalue weighted by molar-refractivity contribution is 6.39. The molecule has 0 aromatic carbocycles. The van der Waals surface area contributed by atoms with Crippen molar-refractivity contribution in [3.8, 4) is 0 Å². The summed E-state index contributed by atoms with van der Waals surface area (Å²) in [5.74, 6) is -11.7. The fourth-order valence-electron chi connectivity index (χ4n) is 11.2. The topological polar surface area (TPSA) is 262 Å². The summed E-state index contributed by atoms with van der Waals surface area (Å²) in [6.07, 6.45) is 9.67. The molecule has 1 amide bonds. The van der Waals surface area contributed by atoms with Crippen LogP contribution in [0.2, 0.25) is 0 Å². The number of aliphatic hydroxyl groups is 5. The Morgan fingerprint density at radius 3 is 2.18 bits per heavy atom. The minimum absolute atomic E-state index is 0.0287. The highest BCUT2D eigenvalue weighted by Crippen LogP contribution is 2.39. The lowest BCUT2D eigenvalue weighted by Crippen LogP contribution is -2.61. The molecule has 0 spiro atoms. The number of hydrogen-bond donors (Lipinski definition) is 5. The zero-order valence-corrected chi connectivity index (χ0v) is 47.2. The van der Waals surface area contributed by atoms with Crippen molar-refractivity contribution < 1.29 is 82.7 Å². The lowest BCUT2D eigenvalue weighted by atomic mass is 9.73. The number of rotatable bonds is 11. The molecule has 3 aliphatic heterocycles. The van der Waals surface area contributed by atoms with E-state index in [2.05, 4.69) is 0 Å². The molecular weight excluding hydrogens is 983 g/mol. The van der Waals surface area contributed by atoms with Gasteiger partial charge >= 0.3 is 11.9 Å². The number of esters is 2. The molecule has 3 fully saturated rings. The van der Waals surface area contributed by atoms with Crippen LogP contribution in [-0.4, -0.2) is 167 Å². The van der Waals surface area contributed by atoms with Crippen molar-refractivity contribution in [2.24, 2.45) is 46.8 Å². The van der Waals surface area contributed by atoms with Crippen molar-refractivity contribution in [1.82, 2.24) is 4.90 Å². The Morgan fingerprint density at radius 1 is 0.882 bits per heavy atom. The summed E-state index contributed by atoms with van der Waals surface area (Å²) in [7, 11) is 4.55. The van der Waals surface area contributed by atoms with E-state index < -0.39 is 138 Å². The van der Waals surface area contributed by atoms with Crippen LogP contribution in [0.4, 0.5) is 0 Å². The van der Waals surface area contributed by atoms with Gasteiger partial charge in [-0.2, -0.15) is 0 Å². The second kappa shape index (κ2) is 28.8. The number of cyclic esters (lactones) is 1. The second-order valence-corrected chi connectivity index (χ2v) is 22.8. The molecule has 430 valence electrons. The Morgan fingerprint density at radius 2 is 1.57 bits per heavy atom. The van der Waals surface area contributed by atoms with E-state index in [1.807, 2.05) is 51.2 Å². The molecule has 18 nitrogen and oxygen atoms in total. The zero-order valence-electron chi connectivity index (χ0n) is 47.2. The van der Waals surface area contributed by atoms with E-state index >= 15 is 0 Å². The number of piperidine rings is 1. The van der Waals surface area contributed by atoms with Gasteiger partial charge < -0.3 is 58.9 Å². The first-order chi connectivity index (χ1) is 35.8. The molecule has 2 bridgehead atoms. The molecule has 16 atom stereocenters. The summed E-state index contributed by atoms with van der Waals surface area (Å²) in [5.41, 5.74) is -1.47. The van der Waals surface area contributed by atoms with Crippen molar-refractivity contribution >= 4 is 35.2 Å². The average molecular weight is 1070 g/mol. The normalized spacial score (nSPS) is 38.4. The van der Waals surface area contributed by atoms with Crippen LogP contribution in [-0.2, 0) is 57.2 Å². The smallest absolute Gasteiger partial charge is 0.329 e. The lowest BCUT2D eigenvalue weighted by Gasteiger charge is -2.42. The van der Waals surface area contributed by atoms with Gasteiger partial charge in [0.25, 0.3) is 11.7 Å². The third kappa shape index (κ3) is 15.4. The molecule has 76 heavy (non-hydrogen) atoms. The molecule has 16 unspecified atom stereocenters. The van der Waals surface area contributed by atoms with Gasteiger partial charge in [-0.3, -0.25) is 24.0 Å². The van der Waals surface area contributed by atoms with Crippen LogP contribution in [0.5, 0.6) is 0 Å². The molecule has 3 heterocycles. The van der Waals surface area contributed by atoms with Crippen LogP contribution in [0.3, 0.4) is 0 Å². The number of ether oxygens (including phenoxy) is 6. The standard InChI is InChI=1S/C58H91NO17/c1-34-18-14-13-15-19-38(5)57(9,73-12)40(7)51(65)43(31-60)50(64)37(4)26-35(2)45(63)30-48(36(3)27-41-22-24-46(49(28-41)72-11)75-55(69)56(8,32-61)33-62)74-54(68)44-20-16-17-25-59(44)53(67)52(66)58(70)39(6)21-23-42(76-58)29-47(34)71-10/h13-15,18-19,26,35-36,38-44,46-50,60-62,64,70H,16-17,20-25,27-33H2,1-12H3/b14-13+,19-15+,34-18+,37-26+. The first-order valence-corrected chi connectivity index (χ1v) is 27.4. The number of ketones is 3. The molecule has 1 saturated carbocycles. The summed E-state index contributed by atoms with van der Waals surface area (Å²) in [5, 5.41) is 53.9. The van der Waals surface area contributed by atoms with Gasteiger partial charge in [0.2, 0.25) is 5.79 Å². The number of nitrogens with zero attached hydrogens (tertiary/aromatic N) is 1. The highest BCUT2D eigenvalue weighted by atomic mass is 16.6. The lowest BCUT2D eigenvalue weighted by molar-refractivity contribution is -0.265. The Balaban J connectivity index is 1.74. The van der Waals surface area contributed by atoms with E-state index in [4.69, 9.17) is 28.4 Å². The van der Waals surface area contributed by atoms with Gasteiger partial charge in [-0.05, 0) is 108 Å². The van der Waals surface area contributed by atoms with Crippen LogP contribution in [0.25, 0.3) is 0 Å². The summed E-state index contributed by atoms with van der Waals surface area (Å²) in [6, 6.07) is -1.22. The van der Waals surface area contributed by atoms with E-state index in [1.165, 1.54) is 27.2 Å². The van der Waals surface area contributed by atoms with Gasteiger partial charge in [0.15, 0.2) is 0 Å². The Kier molecular flexibility index (Phi) is 24.4. The second-order valence-electron chi connectivity index (χ2n) is 22.8. The number of amides is 1. The fourth-order valence-corrected chi connectivity index (χ4v) is 11.2. The van der Waals surface area contributed by atoms with Crippen molar-refractivity contribution in [2.45, 2.75) is 187 Å². The fraction of sp³-hybridized carbons (Fsp3) is 0.759. The molecule has 0 radical (unpaired) electrons. The zero-order chi connectivity index (χ0) is 56.9. The van der Waals surface area contributed by atoms with Crippen molar-refractivity contribution in [3.63, 3.8) is 0 Å². The van der Waals surface area contributed by atoms with Crippen LogP contribution < -0.4 is 0 Å². The molecule has 1 aliphatic carbocycles. The molecule has 0 aromatic rings. The highest BCUT2D eigenvalue weighted by Gasteiger charge is 2.53. The van der Waals surface area contributed by atoms with E-state index in [-0.39, 0.29) is 49.0 Å². The van der Waals surface area contributed by atoms with Gasteiger partial charge in [-0.25, -0.2) is 4.79 Å². The maximum absolute atomic E-state index is 14.6. The van der Waals surface area contributed by atoms with E-state index in [0.717, 1.165) is 10.5 Å². The number of hydrogen-bond acceptors (Lipinski definition) is 17. The maximum Gasteiger partial charge on any atom is 0.329 e. The van der Waals surface area contributed by atoms with E-state index in [1.54, 1.807) is 41.7 Å². The predicted octanol–water partition coefficient (Wildman–Crippen LogP) is 5.33. The molecule has 18 heteroatoms. The van der Waals surface area contributed by atoms with Gasteiger partial charge in [0, 0.05) is 64.4 Å². The van der Waals surface area contributed by atoms with Crippen LogP contribution >= 0.6 is 0 Å². The number of carbonyl (C=O) groups excluding carboxylic acids is 6. The van der Waals surface area contributed by atoms with E-state index in [9.17, 15) is 54.3 Å². The molecule has 4 rings (SSSR count). The Hall–Kier alpha value is -3.98. The number of methoxy groups -OCH3 is 3. The summed E-state index contributed by atoms with van der Waals surface area (Å²) < 4.78 is 35.9. The van der Waals surface area contributed by atoms with Crippen LogP contribution in [0, 0.1) is 46.8 Å². The van der Waals surface area contributed by atoms with Crippen molar-refractivity contribution in [1.29, 1.82) is 0 Å². The average Bonchev–Trinajstić information content (AvgIpc) is 3.41. The van der Waals surface area contributed by atoms with Gasteiger partial charge in [-0.1, -0.05) is 71.1 Å². The molecule has 0 aromatic heterocycles. The first-order valence-electron chi connectivity index (χ1n) is 27.4. The summed E-state index contributed by atoms with van der Waals surface area (Å²) in [4.78, 5) is 86.1. The minimum Gasteiger partial charge on any atom is -0.460 e. The number of Topliss-reactive ketones (excluding diaryl/α,β-unsaturated/α-hetero) is 3. The first kappa shape index (κ1) is 64.5. The Bertz CT molecular complexity index is 2120. The molecule has 2 saturated heterocycles. The third-order valence-electron chi connectivity index (χ3n) is 17.4. The number of allylic oxidation sites excluding steroid dienone is 5. The van der Waals surface area contributed by atoms with Crippen LogP contribution in [0.15, 0.2) is 47.6 Å².